The molecule has 0 radical (unpaired) electrons. The van der Waals surface area contributed by atoms with Crippen LogP contribution < -0.4 is 25.8 Å². The molecule has 5 aliphatic rings. The van der Waals surface area contributed by atoms with Gasteiger partial charge >= 0.3 is 0 Å². The summed E-state index contributed by atoms with van der Waals surface area (Å²) >= 11 is 0. The van der Waals surface area contributed by atoms with E-state index in [2.05, 4.69) is 25.5 Å². The van der Waals surface area contributed by atoms with Gasteiger partial charge in [-0.25, -0.2) is 13.8 Å². The minimum absolute atomic E-state index is 0.0368. The minimum atomic E-state index is -0.672. The Morgan fingerprint density at radius 1 is 0.929 bits per heavy atom. The van der Waals surface area contributed by atoms with E-state index in [1.165, 1.54) is 12.1 Å². The lowest BCUT2D eigenvalue weighted by Gasteiger charge is -2.49. The first-order chi connectivity index (χ1) is 27.2. The molecule has 6 heterocycles. The van der Waals surface area contributed by atoms with E-state index in [-0.39, 0.29) is 47.8 Å². The first-order valence-electron chi connectivity index (χ1n) is 19.9. The van der Waals surface area contributed by atoms with Gasteiger partial charge in [0.2, 0.25) is 17.7 Å². The molecule has 16 heteroatoms. The first kappa shape index (κ1) is 38.2. The summed E-state index contributed by atoms with van der Waals surface area (Å²) in [7, 11) is 0. The van der Waals surface area contributed by atoms with Crippen LogP contribution in [-0.2, 0) is 30.5 Å². The van der Waals surface area contributed by atoms with Crippen LogP contribution in [0.4, 0.5) is 20.2 Å². The fourth-order valence-electron chi connectivity index (χ4n) is 8.52. The molecule has 0 aliphatic carbocycles. The minimum Gasteiger partial charge on any atom is -0.493 e. The Morgan fingerprint density at radius 3 is 2.43 bits per heavy atom. The van der Waals surface area contributed by atoms with Crippen molar-refractivity contribution in [3.05, 3.63) is 58.1 Å². The van der Waals surface area contributed by atoms with Gasteiger partial charge in [-0.15, -0.1) is 0 Å². The maximum absolute atomic E-state index is 15.2. The van der Waals surface area contributed by atoms with Crippen molar-refractivity contribution in [2.75, 3.05) is 69.3 Å². The van der Waals surface area contributed by atoms with Crippen LogP contribution in [0, 0.1) is 23.5 Å². The molecule has 8 rings (SSSR count). The predicted molar refractivity (Wildman–Crippen MR) is 202 cm³/mol. The number of aromatic amines is 1. The number of benzene rings is 2. The molecule has 0 spiro atoms. The second-order valence-electron chi connectivity index (χ2n) is 15.7. The average Bonchev–Trinajstić information content (AvgIpc) is 3.17. The van der Waals surface area contributed by atoms with Gasteiger partial charge in [0, 0.05) is 75.6 Å². The number of carbonyl (C=O) groups is 3. The Labute approximate surface area is 323 Å². The van der Waals surface area contributed by atoms with Crippen LogP contribution in [0.15, 0.2) is 35.1 Å². The number of hydrogen-bond donors (Lipinski definition) is 3. The number of rotatable bonds is 11. The third-order valence-corrected chi connectivity index (χ3v) is 11.9. The second-order valence-corrected chi connectivity index (χ2v) is 15.7. The number of hydrogen-bond acceptors (Lipinski definition) is 11. The van der Waals surface area contributed by atoms with Gasteiger partial charge in [-0.3, -0.25) is 29.4 Å². The maximum atomic E-state index is 15.2. The molecule has 14 nitrogen and oxygen atoms in total. The van der Waals surface area contributed by atoms with Crippen molar-refractivity contribution in [2.45, 2.75) is 76.2 Å². The van der Waals surface area contributed by atoms with Gasteiger partial charge in [-0.05, 0) is 82.2 Å². The molecule has 5 aliphatic heterocycles. The second kappa shape index (κ2) is 16.8. The number of fused-ring (bicyclic) bond motifs is 1. The number of halogens is 2. The predicted octanol–water partition coefficient (Wildman–Crippen LogP) is 3.33. The monoisotopic (exact) mass is 777 g/mol. The van der Waals surface area contributed by atoms with Gasteiger partial charge < -0.3 is 34.3 Å². The summed E-state index contributed by atoms with van der Waals surface area (Å²) in [6.07, 6.45) is 5.36. The molecule has 1 atom stereocenters. The summed E-state index contributed by atoms with van der Waals surface area (Å²) in [6, 6.07) is 7.42. The van der Waals surface area contributed by atoms with Crippen LogP contribution in [0.25, 0.3) is 10.9 Å². The van der Waals surface area contributed by atoms with Crippen LogP contribution in [0.2, 0.25) is 0 Å². The summed E-state index contributed by atoms with van der Waals surface area (Å²) in [6.45, 7) is 6.20. The SMILES string of the molecule is O=C1CCC(Nc2ccc(N3CCC(C(=O)N4CC(N5CCC(COc6cc(F)c7c(=O)[nH]c(COC8CCOCC8)nc7c6)CC5)C4)CC3)c(F)c2)C(=O)N1. The van der Waals surface area contributed by atoms with Gasteiger partial charge in [0.05, 0.1) is 23.9 Å². The highest BCUT2D eigenvalue weighted by Gasteiger charge is 2.39. The Hall–Kier alpha value is -4.67. The molecule has 300 valence electrons. The molecule has 3 amide bonds. The standard InChI is InChI=1S/C40H49F2N7O7/c41-30-17-26(43-32-2-4-36(50)46-38(32)51)1-3-34(30)48-13-7-25(8-14-48)40(53)49-20-27(21-49)47-11-5-24(6-12-47)22-55-29-18-31(42)37-33(19-29)44-35(45-39(37)52)23-56-28-9-15-54-16-10-28/h1,3,17-19,24-25,27-28,32,43H,2,4-16,20-23H2,(H,44,45,52)(H,46,50,51). The van der Waals surface area contributed by atoms with Crippen molar-refractivity contribution in [3.63, 3.8) is 0 Å². The summed E-state index contributed by atoms with van der Waals surface area (Å²) in [5, 5.41) is 5.22. The number of aromatic nitrogens is 2. The normalized spacial score (nSPS) is 22.3. The van der Waals surface area contributed by atoms with Crippen molar-refractivity contribution >= 4 is 40.0 Å². The molecule has 3 aromatic rings. The van der Waals surface area contributed by atoms with E-state index in [4.69, 9.17) is 14.2 Å². The summed E-state index contributed by atoms with van der Waals surface area (Å²) < 4.78 is 47.5. The van der Waals surface area contributed by atoms with Gasteiger partial charge in [0.25, 0.3) is 5.56 Å². The Kier molecular flexibility index (Phi) is 11.5. The third kappa shape index (κ3) is 8.66. The van der Waals surface area contributed by atoms with E-state index >= 15 is 8.78 Å². The van der Waals surface area contributed by atoms with Crippen LogP contribution in [0.1, 0.15) is 57.2 Å². The number of anilines is 2. The highest BCUT2D eigenvalue weighted by Crippen LogP contribution is 2.31. The molecule has 5 saturated heterocycles. The highest BCUT2D eigenvalue weighted by molar-refractivity contribution is 6.01. The lowest BCUT2D eigenvalue weighted by Crippen LogP contribution is -2.63. The Morgan fingerprint density at radius 2 is 1.70 bits per heavy atom. The van der Waals surface area contributed by atoms with E-state index in [0.29, 0.717) is 100 Å². The van der Waals surface area contributed by atoms with Gasteiger partial charge in [-0.2, -0.15) is 0 Å². The maximum Gasteiger partial charge on any atom is 0.261 e. The van der Waals surface area contributed by atoms with Crippen molar-refractivity contribution < 1.29 is 37.4 Å². The largest absolute Gasteiger partial charge is 0.493 e. The van der Waals surface area contributed by atoms with Crippen molar-refractivity contribution in [1.82, 2.24) is 25.1 Å². The quantitative estimate of drug-likeness (QED) is 0.246. The third-order valence-electron chi connectivity index (χ3n) is 11.9. The molecule has 3 N–H and O–H groups in total. The smallest absolute Gasteiger partial charge is 0.261 e. The molecule has 2 aromatic carbocycles. The first-order valence-corrected chi connectivity index (χ1v) is 19.9. The van der Waals surface area contributed by atoms with Crippen LogP contribution in [0.5, 0.6) is 5.75 Å². The number of H-pyrrole nitrogens is 1. The highest BCUT2D eigenvalue weighted by atomic mass is 19.1. The van der Waals surface area contributed by atoms with E-state index in [1.807, 2.05) is 9.80 Å². The number of piperidine rings is 3. The molecule has 1 unspecified atom stereocenters. The van der Waals surface area contributed by atoms with E-state index in [9.17, 15) is 19.2 Å². The zero-order chi connectivity index (χ0) is 38.8. The lowest BCUT2D eigenvalue weighted by atomic mass is 9.91. The summed E-state index contributed by atoms with van der Waals surface area (Å²) in [4.78, 5) is 63.0. The Balaban J connectivity index is 0.753. The van der Waals surface area contributed by atoms with Crippen molar-refractivity contribution in [3.8, 4) is 5.75 Å². The van der Waals surface area contributed by atoms with Crippen LogP contribution in [0.3, 0.4) is 0 Å². The number of nitrogens with zero attached hydrogens (tertiary/aromatic N) is 4. The van der Waals surface area contributed by atoms with Gasteiger partial charge in [0.15, 0.2) is 0 Å². The van der Waals surface area contributed by atoms with E-state index in [1.54, 1.807) is 18.2 Å². The number of nitrogens with one attached hydrogen (secondary N) is 3. The number of amides is 3. The van der Waals surface area contributed by atoms with Crippen molar-refractivity contribution in [2.24, 2.45) is 11.8 Å². The van der Waals surface area contributed by atoms with Crippen LogP contribution >= 0.6 is 0 Å². The average molecular weight is 778 g/mol. The van der Waals surface area contributed by atoms with E-state index in [0.717, 1.165) is 38.8 Å². The van der Waals surface area contributed by atoms with E-state index < -0.39 is 29.1 Å². The van der Waals surface area contributed by atoms with Crippen molar-refractivity contribution in [1.29, 1.82) is 0 Å². The molecule has 0 saturated carbocycles. The summed E-state index contributed by atoms with van der Waals surface area (Å²) in [5.41, 5.74) is 0.646. The number of carbonyl (C=O) groups excluding carboxylic acids is 3. The zero-order valence-electron chi connectivity index (χ0n) is 31.4. The fraction of sp³-hybridized carbons (Fsp3) is 0.575. The lowest BCUT2D eigenvalue weighted by molar-refractivity contribution is -0.144. The molecule has 56 heavy (non-hydrogen) atoms. The number of imide groups is 1. The molecular weight excluding hydrogens is 728 g/mol. The summed E-state index contributed by atoms with van der Waals surface area (Å²) in [5.74, 6) is -0.703. The molecule has 1 aromatic heterocycles. The topological polar surface area (TPSA) is 158 Å². The Bertz CT molecular complexity index is 1990. The molecule has 0 bridgehead atoms. The van der Waals surface area contributed by atoms with Crippen LogP contribution in [-0.4, -0.2) is 115 Å². The van der Waals surface area contributed by atoms with Gasteiger partial charge in [0.1, 0.15) is 41.2 Å². The zero-order valence-corrected chi connectivity index (χ0v) is 31.4. The van der Waals surface area contributed by atoms with Gasteiger partial charge in [-0.1, -0.05) is 0 Å². The molecular formula is C40H49F2N7O7. The number of ether oxygens (including phenoxy) is 3. The fourth-order valence-corrected chi connectivity index (χ4v) is 8.52. The molecule has 5 fully saturated rings. The number of likely N-dealkylation sites (tertiary alicyclic amines) is 2.